The summed E-state index contributed by atoms with van der Waals surface area (Å²) in [5, 5.41) is 9.35. The lowest BCUT2D eigenvalue weighted by Gasteiger charge is -2.23. The number of ether oxygens (including phenoxy) is 2. The smallest absolute Gasteiger partial charge is 0.415 e. The molecule has 0 aliphatic carbocycles. The Morgan fingerprint density at radius 2 is 1.47 bits per heavy atom. The van der Waals surface area contributed by atoms with E-state index in [1.165, 1.54) is 0 Å². The van der Waals surface area contributed by atoms with Gasteiger partial charge in [0, 0.05) is 29.5 Å². The molecule has 1 heterocycles. The molecule has 0 bridgehead atoms. The summed E-state index contributed by atoms with van der Waals surface area (Å²) in [7, 11) is 0. The molecule has 3 aromatic rings. The molecule has 0 radical (unpaired) electrons. The molecule has 4 rings (SSSR count). The van der Waals surface area contributed by atoms with Crippen molar-refractivity contribution in [3.63, 3.8) is 0 Å². The number of carboxylic acid groups (broad SMARTS) is 1. The van der Waals surface area contributed by atoms with E-state index in [-0.39, 0.29) is 19.1 Å². The number of ketones is 1. The van der Waals surface area contributed by atoms with Gasteiger partial charge in [-0.25, -0.2) is 9.59 Å². The molecular formula is C36H50ClNO6S. The molecular weight excluding hydrogens is 610 g/mol. The number of Topliss-reactive ketones (excluding diaryl/α,β-unsaturated/α-hetero) is 1. The van der Waals surface area contributed by atoms with Gasteiger partial charge in [-0.15, -0.1) is 11.8 Å². The maximum absolute atomic E-state index is 12.6. The molecule has 0 saturated carbocycles. The molecule has 1 aliphatic rings. The van der Waals surface area contributed by atoms with E-state index in [1.807, 2.05) is 90.3 Å². The standard InChI is InChI=1S/C19H18ClNO3S.C12H16O3.2C2H6.CH4/c1-25-15-8-6-13(7-9-15)18(22)14-10-11-21(12-14)19(23)24-17-5-3-2-4-16(17)20;1-8-6-5-7-9(2)10(8)15-12(3,4)11(13)14;2*1-2;/h2-9,14H,10-12H2,1H3;5-7H,1-4H3,(H,13,14);2*1-2H3;1H4. The fraction of sp³-hybridized carbons (Fsp3) is 0.417. The normalized spacial score (nSPS) is 13.3. The van der Waals surface area contributed by atoms with Crippen LogP contribution in [0.15, 0.2) is 71.6 Å². The first-order valence-corrected chi connectivity index (χ1v) is 16.4. The van der Waals surface area contributed by atoms with Crippen molar-refractivity contribution in [3.8, 4) is 11.5 Å². The number of thioether (sulfide) groups is 1. The highest BCUT2D eigenvalue weighted by Gasteiger charge is 2.33. The molecule has 1 N–H and O–H groups in total. The number of nitrogens with zero attached hydrogens (tertiary/aromatic N) is 1. The lowest BCUT2D eigenvalue weighted by atomic mass is 9.97. The van der Waals surface area contributed by atoms with Crippen molar-refractivity contribution in [2.75, 3.05) is 19.3 Å². The molecule has 1 fully saturated rings. The van der Waals surface area contributed by atoms with Crippen molar-refractivity contribution >= 4 is 41.2 Å². The summed E-state index contributed by atoms with van der Waals surface area (Å²) >= 11 is 7.64. The van der Waals surface area contributed by atoms with Crippen LogP contribution in [0, 0.1) is 19.8 Å². The van der Waals surface area contributed by atoms with E-state index in [1.54, 1.807) is 54.8 Å². The molecule has 1 unspecified atom stereocenters. The van der Waals surface area contributed by atoms with Crippen molar-refractivity contribution in [2.45, 2.75) is 79.7 Å². The topological polar surface area (TPSA) is 93.1 Å². The Morgan fingerprint density at radius 3 is 1.98 bits per heavy atom. The van der Waals surface area contributed by atoms with Crippen molar-refractivity contribution in [1.29, 1.82) is 0 Å². The predicted molar refractivity (Wildman–Crippen MR) is 187 cm³/mol. The Kier molecular flexibility index (Phi) is 18.9. The molecule has 0 aromatic heterocycles. The van der Waals surface area contributed by atoms with Crippen LogP contribution >= 0.6 is 23.4 Å². The Morgan fingerprint density at radius 1 is 0.911 bits per heavy atom. The van der Waals surface area contributed by atoms with Gasteiger partial charge in [-0.05, 0) is 75.8 Å². The summed E-state index contributed by atoms with van der Waals surface area (Å²) in [6.07, 6.45) is 2.16. The highest BCUT2D eigenvalue weighted by molar-refractivity contribution is 7.98. The molecule has 248 valence electrons. The van der Waals surface area contributed by atoms with Gasteiger partial charge in [0.25, 0.3) is 0 Å². The summed E-state index contributed by atoms with van der Waals surface area (Å²) in [4.78, 5) is 38.5. The molecule has 7 nitrogen and oxygen atoms in total. The molecule has 0 spiro atoms. The largest absolute Gasteiger partial charge is 0.478 e. The molecule has 1 amide bonds. The fourth-order valence-electron chi connectivity index (χ4n) is 4.08. The van der Waals surface area contributed by atoms with Gasteiger partial charge in [0.2, 0.25) is 0 Å². The predicted octanol–water partition coefficient (Wildman–Crippen LogP) is 10.00. The third-order valence-corrected chi connectivity index (χ3v) is 7.56. The maximum Gasteiger partial charge on any atom is 0.415 e. The van der Waals surface area contributed by atoms with Gasteiger partial charge < -0.3 is 19.5 Å². The van der Waals surface area contributed by atoms with Gasteiger partial charge in [0.05, 0.1) is 5.02 Å². The van der Waals surface area contributed by atoms with Gasteiger partial charge in [-0.3, -0.25) is 4.79 Å². The van der Waals surface area contributed by atoms with E-state index in [0.29, 0.717) is 41.6 Å². The fourth-order valence-corrected chi connectivity index (χ4v) is 4.66. The van der Waals surface area contributed by atoms with Gasteiger partial charge >= 0.3 is 12.1 Å². The number of hydrogen-bond acceptors (Lipinski definition) is 6. The van der Waals surface area contributed by atoms with Crippen LogP contribution < -0.4 is 9.47 Å². The summed E-state index contributed by atoms with van der Waals surface area (Å²) in [5.41, 5.74) is 1.38. The van der Waals surface area contributed by atoms with Crippen molar-refractivity contribution in [2.24, 2.45) is 5.92 Å². The third kappa shape index (κ3) is 12.4. The van der Waals surface area contributed by atoms with Crippen LogP contribution in [0.25, 0.3) is 0 Å². The first kappa shape index (κ1) is 41.5. The van der Waals surface area contributed by atoms with Gasteiger partial charge in [-0.2, -0.15) is 0 Å². The number of halogens is 1. The summed E-state index contributed by atoms with van der Waals surface area (Å²) < 4.78 is 10.9. The van der Waals surface area contributed by atoms with Crippen LogP contribution in [0.1, 0.15) is 76.9 Å². The molecule has 1 saturated heterocycles. The minimum atomic E-state index is -1.20. The van der Waals surface area contributed by atoms with E-state index in [9.17, 15) is 14.4 Å². The van der Waals surface area contributed by atoms with Gasteiger partial charge in [0.1, 0.15) is 5.75 Å². The maximum atomic E-state index is 12.6. The number of hydrogen-bond donors (Lipinski definition) is 1. The van der Waals surface area contributed by atoms with Crippen LogP contribution in [0.5, 0.6) is 11.5 Å². The van der Waals surface area contributed by atoms with E-state index < -0.39 is 17.7 Å². The average Bonchev–Trinajstić information content (AvgIpc) is 3.53. The van der Waals surface area contributed by atoms with E-state index >= 15 is 0 Å². The highest BCUT2D eigenvalue weighted by atomic mass is 35.5. The highest BCUT2D eigenvalue weighted by Crippen LogP contribution is 2.28. The van der Waals surface area contributed by atoms with Crippen LogP contribution in [0.4, 0.5) is 4.79 Å². The number of carboxylic acids is 1. The number of para-hydroxylation sites is 2. The lowest BCUT2D eigenvalue weighted by Crippen LogP contribution is -2.38. The molecule has 1 atom stereocenters. The number of benzene rings is 3. The second-order valence-corrected chi connectivity index (χ2v) is 11.2. The molecule has 1 aliphatic heterocycles. The lowest BCUT2D eigenvalue weighted by molar-refractivity contribution is -0.152. The molecule has 3 aromatic carbocycles. The van der Waals surface area contributed by atoms with Crippen molar-refractivity contribution in [1.82, 2.24) is 4.90 Å². The second kappa shape index (κ2) is 20.5. The zero-order valence-corrected chi connectivity index (χ0v) is 28.8. The van der Waals surface area contributed by atoms with Crippen LogP contribution in [-0.2, 0) is 4.79 Å². The van der Waals surface area contributed by atoms with E-state index in [4.69, 9.17) is 26.2 Å². The van der Waals surface area contributed by atoms with Crippen LogP contribution in [-0.4, -0.2) is 52.8 Å². The number of aryl methyl sites for hydroxylation is 2. The number of rotatable bonds is 7. The van der Waals surface area contributed by atoms with Gasteiger partial charge in [-0.1, -0.05) is 89.2 Å². The number of amides is 1. The average molecular weight is 660 g/mol. The minimum Gasteiger partial charge on any atom is -0.478 e. The van der Waals surface area contributed by atoms with Crippen LogP contribution in [0.3, 0.4) is 0 Å². The zero-order chi connectivity index (χ0) is 33.4. The Labute approximate surface area is 279 Å². The Hall–Kier alpha value is -3.49. The SMILES string of the molecule is C.CC.CC.CSc1ccc(C(=O)C2CCN(C(=O)Oc3ccccc3Cl)C2)cc1.Cc1cccc(C)c1OC(C)(C)C(=O)O. The summed E-state index contributed by atoms with van der Waals surface area (Å²) in [6.45, 7) is 15.8. The summed E-state index contributed by atoms with van der Waals surface area (Å²) in [5.74, 6) is -0.105. The van der Waals surface area contributed by atoms with Crippen molar-refractivity contribution < 1.29 is 29.0 Å². The third-order valence-electron chi connectivity index (χ3n) is 6.51. The number of carbonyl (C=O) groups excluding carboxylic acids is 2. The Balaban J connectivity index is 0.000000834. The number of likely N-dealkylation sites (tertiary alicyclic amines) is 1. The second-order valence-electron chi connectivity index (χ2n) is 9.96. The molecule has 45 heavy (non-hydrogen) atoms. The number of aliphatic carboxylic acids is 1. The van der Waals surface area contributed by atoms with Crippen molar-refractivity contribution in [3.05, 3.63) is 88.4 Å². The molecule has 9 heteroatoms. The van der Waals surface area contributed by atoms with Crippen LogP contribution in [0.2, 0.25) is 5.02 Å². The zero-order valence-electron chi connectivity index (χ0n) is 27.3. The quantitative estimate of drug-likeness (QED) is 0.199. The van der Waals surface area contributed by atoms with E-state index in [0.717, 1.165) is 16.0 Å². The first-order valence-electron chi connectivity index (χ1n) is 14.8. The first-order chi connectivity index (χ1) is 20.9. The van der Waals surface area contributed by atoms with Gasteiger partial charge in [0.15, 0.2) is 17.1 Å². The van der Waals surface area contributed by atoms with E-state index in [2.05, 4.69) is 0 Å². The minimum absolute atomic E-state index is 0. The Bertz CT molecular complexity index is 1340. The monoisotopic (exact) mass is 659 g/mol. The summed E-state index contributed by atoms with van der Waals surface area (Å²) in [6, 6.07) is 20.1. The number of carbonyl (C=O) groups is 3.